The molecule has 2 aliphatic carbocycles. The van der Waals surface area contributed by atoms with Crippen LogP contribution in [0.4, 0.5) is 5.69 Å². The molecular weight excluding hydrogens is 574 g/mol. The van der Waals surface area contributed by atoms with Crippen LogP contribution in [0.15, 0.2) is 163 Å². The molecule has 0 saturated carbocycles. The first-order valence-corrected chi connectivity index (χ1v) is 16.3. The van der Waals surface area contributed by atoms with Gasteiger partial charge in [-0.15, -0.1) is 0 Å². The summed E-state index contributed by atoms with van der Waals surface area (Å²) in [5.41, 5.74) is 11.3. The van der Waals surface area contributed by atoms with Gasteiger partial charge in [-0.2, -0.15) is 0 Å². The average Bonchev–Trinajstić information content (AvgIpc) is 3.43. The maximum Gasteiger partial charge on any atom is 0.178 e. The van der Waals surface area contributed by atoms with Gasteiger partial charge in [0.1, 0.15) is 0 Å². The van der Waals surface area contributed by atoms with Gasteiger partial charge in [0.25, 0.3) is 0 Å². The van der Waals surface area contributed by atoms with E-state index < -0.39 is 5.41 Å². The Labute approximate surface area is 275 Å². The first kappa shape index (κ1) is 27.5. The van der Waals surface area contributed by atoms with Crippen LogP contribution in [0, 0.1) is 0 Å². The second-order valence-electron chi connectivity index (χ2n) is 12.4. The second-order valence-corrected chi connectivity index (χ2v) is 12.4. The van der Waals surface area contributed by atoms with Gasteiger partial charge in [-0.05, 0) is 76.6 Å². The smallest absolute Gasteiger partial charge is 0.178 e. The van der Waals surface area contributed by atoms with Crippen LogP contribution in [-0.4, -0.2) is 7.05 Å². The Morgan fingerprint density at radius 1 is 0.553 bits per heavy atom. The maximum atomic E-state index is 6.89. The van der Waals surface area contributed by atoms with Crippen LogP contribution in [0.3, 0.4) is 0 Å². The SMILES string of the molecule is CN(C1=CC=CCC1)c1ccccc1-c1cccc2c1Oc1cc3c(cc1O2)C(c1ccccc1)(c1ccccc1)c1ccccc1-3. The molecule has 0 aromatic heterocycles. The Kier molecular flexibility index (Phi) is 6.39. The molecule has 47 heavy (non-hydrogen) atoms. The highest BCUT2D eigenvalue weighted by molar-refractivity contribution is 5.90. The van der Waals surface area contributed by atoms with Crippen LogP contribution < -0.4 is 14.4 Å². The summed E-state index contributed by atoms with van der Waals surface area (Å²) >= 11 is 0. The van der Waals surface area contributed by atoms with Crippen molar-refractivity contribution in [1.82, 2.24) is 0 Å². The van der Waals surface area contributed by atoms with E-state index in [1.165, 1.54) is 33.5 Å². The first-order chi connectivity index (χ1) is 23.2. The highest BCUT2D eigenvalue weighted by atomic mass is 16.6. The predicted octanol–water partition coefficient (Wildman–Crippen LogP) is 11.3. The van der Waals surface area contributed by atoms with Gasteiger partial charge < -0.3 is 14.4 Å². The zero-order chi connectivity index (χ0) is 31.4. The Morgan fingerprint density at radius 2 is 1.21 bits per heavy atom. The molecule has 3 aliphatic rings. The maximum absolute atomic E-state index is 6.89. The number of para-hydroxylation sites is 2. The average molecular weight is 608 g/mol. The fourth-order valence-corrected chi connectivity index (χ4v) is 7.77. The van der Waals surface area contributed by atoms with Crippen molar-refractivity contribution < 1.29 is 9.47 Å². The van der Waals surface area contributed by atoms with E-state index in [4.69, 9.17) is 9.47 Å². The molecular formula is C44H33NO2. The zero-order valence-electron chi connectivity index (χ0n) is 26.2. The van der Waals surface area contributed by atoms with Gasteiger partial charge in [-0.25, -0.2) is 0 Å². The molecule has 6 aromatic carbocycles. The molecule has 1 aliphatic heterocycles. The summed E-state index contributed by atoms with van der Waals surface area (Å²) in [6.45, 7) is 0. The summed E-state index contributed by atoms with van der Waals surface area (Å²) in [5, 5.41) is 0. The van der Waals surface area contributed by atoms with Gasteiger partial charge in [-0.3, -0.25) is 0 Å². The van der Waals surface area contributed by atoms with Crippen molar-refractivity contribution in [2.75, 3.05) is 11.9 Å². The minimum Gasteiger partial charge on any atom is -0.449 e. The fourth-order valence-electron chi connectivity index (χ4n) is 7.77. The minimum atomic E-state index is -0.499. The monoisotopic (exact) mass is 607 g/mol. The molecule has 0 fully saturated rings. The van der Waals surface area contributed by atoms with Gasteiger partial charge in [0.2, 0.25) is 0 Å². The first-order valence-electron chi connectivity index (χ1n) is 16.3. The number of fused-ring (bicyclic) bond motifs is 5. The van der Waals surface area contributed by atoms with Gasteiger partial charge >= 0.3 is 0 Å². The molecule has 9 rings (SSSR count). The largest absolute Gasteiger partial charge is 0.449 e. The molecule has 0 N–H and O–H groups in total. The van der Waals surface area contributed by atoms with Crippen molar-refractivity contribution >= 4 is 5.69 Å². The lowest BCUT2D eigenvalue weighted by Crippen LogP contribution is -2.28. The number of hydrogen-bond acceptors (Lipinski definition) is 3. The number of anilines is 1. The molecule has 0 atom stereocenters. The molecule has 0 amide bonds. The second kappa shape index (κ2) is 10.9. The third-order valence-corrected chi connectivity index (χ3v) is 9.91. The van der Waals surface area contributed by atoms with E-state index in [-0.39, 0.29) is 0 Å². The third-order valence-electron chi connectivity index (χ3n) is 9.91. The fraction of sp³-hybridized carbons (Fsp3) is 0.0909. The van der Waals surface area contributed by atoms with Crippen molar-refractivity contribution in [3.05, 3.63) is 186 Å². The highest BCUT2D eigenvalue weighted by Crippen LogP contribution is 2.60. The van der Waals surface area contributed by atoms with Crippen LogP contribution in [0.2, 0.25) is 0 Å². The van der Waals surface area contributed by atoms with E-state index >= 15 is 0 Å². The van der Waals surface area contributed by atoms with Crippen LogP contribution in [0.5, 0.6) is 23.0 Å². The summed E-state index contributed by atoms with van der Waals surface area (Å²) in [6.07, 6.45) is 8.65. The van der Waals surface area contributed by atoms with Gasteiger partial charge in [0.15, 0.2) is 23.0 Å². The number of benzene rings is 6. The van der Waals surface area contributed by atoms with Crippen molar-refractivity contribution in [3.63, 3.8) is 0 Å². The van der Waals surface area contributed by atoms with Gasteiger partial charge in [-0.1, -0.05) is 127 Å². The molecule has 0 radical (unpaired) electrons. The van der Waals surface area contributed by atoms with E-state index in [1.807, 2.05) is 6.07 Å². The Balaban J connectivity index is 1.21. The number of ether oxygens (including phenoxy) is 2. The van der Waals surface area contributed by atoms with E-state index in [0.717, 1.165) is 52.5 Å². The Morgan fingerprint density at radius 3 is 1.96 bits per heavy atom. The van der Waals surface area contributed by atoms with E-state index in [0.29, 0.717) is 5.75 Å². The van der Waals surface area contributed by atoms with Crippen molar-refractivity contribution in [1.29, 1.82) is 0 Å². The van der Waals surface area contributed by atoms with Gasteiger partial charge in [0.05, 0.1) is 5.41 Å². The zero-order valence-corrected chi connectivity index (χ0v) is 26.2. The number of rotatable bonds is 5. The third kappa shape index (κ3) is 4.20. The lowest BCUT2D eigenvalue weighted by atomic mass is 9.67. The minimum absolute atomic E-state index is 0.499. The molecule has 0 saturated heterocycles. The molecule has 3 nitrogen and oxygen atoms in total. The highest BCUT2D eigenvalue weighted by Gasteiger charge is 2.47. The van der Waals surface area contributed by atoms with Crippen LogP contribution in [0.1, 0.15) is 35.1 Å². The molecule has 226 valence electrons. The number of nitrogens with zero attached hydrogens (tertiary/aromatic N) is 1. The number of allylic oxidation sites excluding steroid dienone is 4. The summed E-state index contributed by atoms with van der Waals surface area (Å²) in [4.78, 5) is 2.30. The topological polar surface area (TPSA) is 21.7 Å². The predicted molar refractivity (Wildman–Crippen MR) is 191 cm³/mol. The lowest BCUT2D eigenvalue weighted by molar-refractivity contribution is 0.360. The molecule has 0 unspecified atom stereocenters. The van der Waals surface area contributed by atoms with E-state index in [1.54, 1.807) is 0 Å². The summed E-state index contributed by atoms with van der Waals surface area (Å²) in [5.74, 6) is 2.90. The van der Waals surface area contributed by atoms with E-state index in [2.05, 4.69) is 164 Å². The molecule has 6 aromatic rings. The summed E-state index contributed by atoms with van der Waals surface area (Å²) in [7, 11) is 2.15. The van der Waals surface area contributed by atoms with Crippen molar-refractivity contribution in [2.45, 2.75) is 18.3 Å². The van der Waals surface area contributed by atoms with Crippen LogP contribution in [0.25, 0.3) is 22.3 Å². The van der Waals surface area contributed by atoms with Crippen molar-refractivity contribution in [2.24, 2.45) is 0 Å². The van der Waals surface area contributed by atoms with Gasteiger partial charge in [0, 0.05) is 29.6 Å². The van der Waals surface area contributed by atoms with E-state index in [9.17, 15) is 0 Å². The Bertz CT molecular complexity index is 2170. The molecule has 3 heteroatoms. The van der Waals surface area contributed by atoms with Crippen LogP contribution >= 0.6 is 0 Å². The van der Waals surface area contributed by atoms with Crippen LogP contribution in [-0.2, 0) is 5.41 Å². The molecule has 0 bridgehead atoms. The Hall–Kier alpha value is -5.80. The molecule has 0 spiro atoms. The summed E-state index contributed by atoms with van der Waals surface area (Å²) in [6, 6.07) is 49.6. The summed E-state index contributed by atoms with van der Waals surface area (Å²) < 4.78 is 13.7. The quantitative estimate of drug-likeness (QED) is 0.194. The molecule has 1 heterocycles. The standard InChI is InChI=1S/C44H33NO2/c1-45(32-20-9-4-10-21-32)39-26-14-12-23-34(39)35-24-15-27-40-43(35)47-41-28-36-33-22-11-13-25-37(33)44(30-16-5-2-6-17-30,31-18-7-3-8-19-31)38(36)29-42(41)46-40/h2-9,11-20,22-29H,10,21H2,1H3. The van der Waals surface area contributed by atoms with Crippen molar-refractivity contribution in [3.8, 4) is 45.3 Å². The lowest BCUT2D eigenvalue weighted by Gasteiger charge is -2.34. The normalized spacial score (nSPS) is 14.9. The number of hydrogen-bond donors (Lipinski definition) is 0.